The Labute approximate surface area is 171 Å². The molecule has 0 atom stereocenters. The maximum Gasteiger partial charge on any atom is 0.341 e. The zero-order valence-electron chi connectivity index (χ0n) is 15.3. The summed E-state index contributed by atoms with van der Waals surface area (Å²) in [5, 5.41) is 5.66. The summed E-state index contributed by atoms with van der Waals surface area (Å²) < 4.78 is 10.4. The number of carbonyl (C=O) groups excluding carboxylic acids is 2. The molecule has 3 rings (SSSR count). The third-order valence-electron chi connectivity index (χ3n) is 3.98. The van der Waals surface area contributed by atoms with E-state index < -0.39 is 5.97 Å². The minimum Gasteiger partial charge on any atom is -0.497 e. The van der Waals surface area contributed by atoms with Crippen LogP contribution in [0.2, 0.25) is 5.02 Å². The van der Waals surface area contributed by atoms with E-state index in [0.29, 0.717) is 32.5 Å². The number of methoxy groups -OCH3 is 1. The second kappa shape index (κ2) is 8.91. The minimum absolute atomic E-state index is 0.234. The summed E-state index contributed by atoms with van der Waals surface area (Å²) in [7, 11) is 1.54. The normalized spacial score (nSPS) is 10.4. The van der Waals surface area contributed by atoms with Gasteiger partial charge in [0.1, 0.15) is 16.3 Å². The van der Waals surface area contributed by atoms with Crippen LogP contribution in [0.3, 0.4) is 0 Å². The molecule has 0 saturated carbocycles. The zero-order chi connectivity index (χ0) is 20.1. The topological polar surface area (TPSA) is 64.6 Å². The van der Waals surface area contributed by atoms with Gasteiger partial charge in [-0.3, -0.25) is 4.79 Å². The van der Waals surface area contributed by atoms with Crippen molar-refractivity contribution in [3.63, 3.8) is 0 Å². The van der Waals surface area contributed by atoms with Gasteiger partial charge in [-0.2, -0.15) is 0 Å². The number of hydrogen-bond acceptors (Lipinski definition) is 5. The molecule has 1 N–H and O–H groups in total. The van der Waals surface area contributed by atoms with Gasteiger partial charge in [0.2, 0.25) is 0 Å². The van der Waals surface area contributed by atoms with Crippen LogP contribution in [0.4, 0.5) is 5.00 Å². The smallest absolute Gasteiger partial charge is 0.341 e. The number of hydrogen-bond donors (Lipinski definition) is 1. The van der Waals surface area contributed by atoms with Crippen LogP contribution in [0.5, 0.6) is 5.75 Å². The van der Waals surface area contributed by atoms with Gasteiger partial charge in [0.15, 0.2) is 0 Å². The standard InChI is InChI=1S/C21H18ClNO4S/c1-3-27-21(25)18-17(13-7-9-15(22)10-8-13)12-28-20(18)23-19(24)14-5-4-6-16(11-14)26-2/h4-12H,3H2,1-2H3,(H,23,24). The van der Waals surface area contributed by atoms with Crippen LogP contribution in [0.1, 0.15) is 27.6 Å². The Balaban J connectivity index is 1.97. The van der Waals surface area contributed by atoms with Crippen LogP contribution in [0, 0.1) is 0 Å². The summed E-state index contributed by atoms with van der Waals surface area (Å²) in [4.78, 5) is 25.3. The van der Waals surface area contributed by atoms with Gasteiger partial charge in [0.25, 0.3) is 5.91 Å². The lowest BCUT2D eigenvalue weighted by Crippen LogP contribution is -2.14. The van der Waals surface area contributed by atoms with Crippen LogP contribution in [-0.4, -0.2) is 25.6 Å². The summed E-state index contributed by atoms with van der Waals surface area (Å²) in [5.74, 6) is -0.255. The number of ether oxygens (including phenoxy) is 2. The van der Waals surface area contributed by atoms with Gasteiger partial charge in [0.05, 0.1) is 13.7 Å². The van der Waals surface area contributed by atoms with Gasteiger partial charge >= 0.3 is 5.97 Å². The fourth-order valence-corrected chi connectivity index (χ4v) is 3.72. The van der Waals surface area contributed by atoms with E-state index in [-0.39, 0.29) is 12.5 Å². The summed E-state index contributed by atoms with van der Waals surface area (Å²) in [5.41, 5.74) is 2.24. The number of carbonyl (C=O) groups is 2. The first-order valence-electron chi connectivity index (χ1n) is 8.53. The molecule has 0 unspecified atom stereocenters. The van der Waals surface area contributed by atoms with Gasteiger partial charge in [0, 0.05) is 21.5 Å². The molecule has 7 heteroatoms. The molecule has 5 nitrogen and oxygen atoms in total. The van der Waals surface area contributed by atoms with Crippen molar-refractivity contribution in [1.29, 1.82) is 0 Å². The van der Waals surface area contributed by atoms with E-state index >= 15 is 0 Å². The van der Waals surface area contributed by atoms with Gasteiger partial charge in [-0.05, 0) is 42.8 Å². The van der Waals surface area contributed by atoms with Crippen molar-refractivity contribution in [2.24, 2.45) is 0 Å². The van der Waals surface area contributed by atoms with Gasteiger partial charge in [-0.1, -0.05) is 29.8 Å². The highest BCUT2D eigenvalue weighted by molar-refractivity contribution is 7.15. The lowest BCUT2D eigenvalue weighted by Gasteiger charge is -2.09. The number of esters is 1. The number of thiophene rings is 1. The molecule has 0 bridgehead atoms. The minimum atomic E-state index is -0.491. The lowest BCUT2D eigenvalue weighted by molar-refractivity contribution is 0.0529. The Morgan fingerprint density at radius 1 is 1.14 bits per heavy atom. The number of anilines is 1. The molecule has 0 aliphatic carbocycles. The second-order valence-corrected chi connectivity index (χ2v) is 7.08. The van der Waals surface area contributed by atoms with Crippen LogP contribution in [0.15, 0.2) is 53.9 Å². The number of amides is 1. The Morgan fingerprint density at radius 2 is 1.89 bits per heavy atom. The Hall–Kier alpha value is -2.83. The fraction of sp³-hybridized carbons (Fsp3) is 0.143. The van der Waals surface area contributed by atoms with E-state index in [2.05, 4.69) is 5.32 Å². The van der Waals surface area contributed by atoms with Crippen molar-refractivity contribution < 1.29 is 19.1 Å². The quantitative estimate of drug-likeness (QED) is 0.539. The summed E-state index contributed by atoms with van der Waals surface area (Å²) >= 11 is 7.23. The van der Waals surface area contributed by atoms with Gasteiger partial charge in [-0.15, -0.1) is 11.3 Å². The second-order valence-electron chi connectivity index (χ2n) is 5.77. The third kappa shape index (κ3) is 4.35. The number of nitrogens with one attached hydrogen (secondary N) is 1. The Morgan fingerprint density at radius 3 is 2.57 bits per heavy atom. The highest BCUT2D eigenvalue weighted by Crippen LogP contribution is 2.37. The molecular weight excluding hydrogens is 398 g/mol. The lowest BCUT2D eigenvalue weighted by atomic mass is 10.0. The highest BCUT2D eigenvalue weighted by atomic mass is 35.5. The molecule has 0 aliphatic heterocycles. The number of benzene rings is 2. The van der Waals surface area contributed by atoms with E-state index in [1.165, 1.54) is 18.4 Å². The first kappa shape index (κ1) is 19.9. The molecule has 1 heterocycles. The van der Waals surface area contributed by atoms with Crippen molar-refractivity contribution in [3.8, 4) is 16.9 Å². The molecule has 0 aliphatic rings. The molecule has 0 spiro atoms. The maximum absolute atomic E-state index is 12.7. The van der Waals surface area contributed by atoms with E-state index in [1.54, 1.807) is 43.3 Å². The molecule has 0 radical (unpaired) electrons. The highest BCUT2D eigenvalue weighted by Gasteiger charge is 2.23. The predicted octanol–water partition coefficient (Wildman–Crippen LogP) is 5.51. The predicted molar refractivity (Wildman–Crippen MR) is 112 cm³/mol. The van der Waals surface area contributed by atoms with Gasteiger partial charge in [-0.25, -0.2) is 4.79 Å². The van der Waals surface area contributed by atoms with Crippen molar-refractivity contribution >= 4 is 39.8 Å². The molecule has 1 amide bonds. The van der Waals surface area contributed by atoms with Gasteiger partial charge < -0.3 is 14.8 Å². The maximum atomic E-state index is 12.7. The molecular formula is C21H18ClNO4S. The van der Waals surface area contributed by atoms with E-state index in [9.17, 15) is 9.59 Å². The summed E-state index contributed by atoms with van der Waals surface area (Å²) in [6.07, 6.45) is 0. The fourth-order valence-electron chi connectivity index (χ4n) is 2.64. The van der Waals surface area contributed by atoms with Crippen molar-refractivity contribution in [2.45, 2.75) is 6.92 Å². The molecule has 0 fully saturated rings. The number of halogens is 1. The average Bonchev–Trinajstić information content (AvgIpc) is 3.12. The molecule has 3 aromatic rings. The van der Waals surface area contributed by atoms with Crippen LogP contribution < -0.4 is 10.1 Å². The third-order valence-corrected chi connectivity index (χ3v) is 5.13. The largest absolute Gasteiger partial charge is 0.497 e. The Bertz CT molecular complexity index is 998. The molecule has 2 aromatic carbocycles. The molecule has 28 heavy (non-hydrogen) atoms. The van der Waals surface area contributed by atoms with Crippen LogP contribution in [0.25, 0.3) is 11.1 Å². The zero-order valence-corrected chi connectivity index (χ0v) is 16.9. The van der Waals surface area contributed by atoms with Crippen molar-refractivity contribution in [2.75, 3.05) is 19.0 Å². The van der Waals surface area contributed by atoms with Crippen LogP contribution >= 0.6 is 22.9 Å². The van der Waals surface area contributed by atoms with E-state index in [4.69, 9.17) is 21.1 Å². The summed E-state index contributed by atoms with van der Waals surface area (Å²) in [6.45, 7) is 1.97. The van der Waals surface area contributed by atoms with E-state index in [0.717, 1.165) is 5.56 Å². The summed E-state index contributed by atoms with van der Waals surface area (Å²) in [6, 6.07) is 13.9. The Kier molecular flexibility index (Phi) is 6.34. The number of rotatable bonds is 6. The average molecular weight is 416 g/mol. The molecule has 144 valence electrons. The SMILES string of the molecule is CCOC(=O)c1c(-c2ccc(Cl)cc2)csc1NC(=O)c1cccc(OC)c1. The van der Waals surface area contributed by atoms with E-state index in [1.807, 2.05) is 17.5 Å². The van der Waals surface area contributed by atoms with Crippen molar-refractivity contribution in [3.05, 3.63) is 70.1 Å². The van der Waals surface area contributed by atoms with Crippen LogP contribution in [-0.2, 0) is 4.74 Å². The first-order chi connectivity index (χ1) is 13.5. The van der Waals surface area contributed by atoms with Crippen molar-refractivity contribution in [1.82, 2.24) is 0 Å². The molecule has 1 aromatic heterocycles. The molecule has 0 saturated heterocycles. The first-order valence-corrected chi connectivity index (χ1v) is 9.79. The monoisotopic (exact) mass is 415 g/mol.